The molecule has 1 heterocycles. The van der Waals surface area contributed by atoms with Gasteiger partial charge in [0.1, 0.15) is 12.2 Å². The van der Waals surface area contributed by atoms with Crippen molar-refractivity contribution in [1.82, 2.24) is 30.3 Å². The number of likely N-dealkylation sites (N-methyl/N-ethyl adjacent to an activating group) is 1. The molecule has 0 aliphatic heterocycles. The number of nitrogens with one attached hydrogen (secondary N) is 2. The van der Waals surface area contributed by atoms with E-state index in [2.05, 4.69) is 56.2 Å². The smallest absolute Gasteiger partial charge is 0.191 e. The van der Waals surface area contributed by atoms with Crippen LogP contribution in [0.25, 0.3) is 0 Å². The molecule has 1 aromatic heterocycles. The van der Waals surface area contributed by atoms with Crippen LogP contribution in [0.4, 0.5) is 0 Å². The number of rotatable bonds is 10. The molecule has 0 spiro atoms. The van der Waals surface area contributed by atoms with Crippen molar-refractivity contribution in [1.29, 1.82) is 0 Å². The summed E-state index contributed by atoms with van der Waals surface area (Å²) in [5.74, 6) is 1.86. The molecule has 0 amide bonds. The van der Waals surface area contributed by atoms with Gasteiger partial charge in [-0.05, 0) is 20.0 Å². The fourth-order valence-electron chi connectivity index (χ4n) is 2.16. The van der Waals surface area contributed by atoms with Crippen LogP contribution in [0.15, 0.2) is 11.3 Å². The zero-order valence-electron chi connectivity index (χ0n) is 14.9. The second-order valence-corrected chi connectivity index (χ2v) is 5.38. The van der Waals surface area contributed by atoms with Crippen LogP contribution in [0.3, 0.4) is 0 Å². The summed E-state index contributed by atoms with van der Waals surface area (Å²) in [5, 5.41) is 14.7. The number of aromatic nitrogens is 3. The van der Waals surface area contributed by atoms with E-state index < -0.39 is 0 Å². The lowest BCUT2D eigenvalue weighted by Gasteiger charge is -2.18. The van der Waals surface area contributed by atoms with Crippen LogP contribution in [0.1, 0.15) is 32.5 Å². The Morgan fingerprint density at radius 2 is 2.00 bits per heavy atom. The first kappa shape index (κ1) is 22.1. The highest BCUT2D eigenvalue weighted by molar-refractivity contribution is 14.0. The summed E-state index contributed by atoms with van der Waals surface area (Å²) in [4.78, 5) is 6.59. The molecular weight excluding hydrogens is 405 g/mol. The molecule has 0 atom stereocenters. The van der Waals surface area contributed by atoms with E-state index in [9.17, 15) is 0 Å². The van der Waals surface area contributed by atoms with E-state index in [-0.39, 0.29) is 24.0 Å². The van der Waals surface area contributed by atoms with Gasteiger partial charge < -0.3 is 20.1 Å². The Hall–Kier alpha value is -0.900. The number of hydrogen-bond donors (Lipinski definition) is 2. The third kappa shape index (κ3) is 9.09. The molecule has 0 unspecified atom stereocenters. The predicted molar refractivity (Wildman–Crippen MR) is 107 cm³/mol. The first-order valence-electron chi connectivity index (χ1n) is 8.21. The molecule has 1 rings (SSSR count). The number of aryl methyl sites for hydroxylation is 1. The molecule has 7 nitrogen and oxygen atoms in total. The molecule has 134 valence electrons. The van der Waals surface area contributed by atoms with Crippen molar-refractivity contribution in [3.63, 3.8) is 0 Å². The molecule has 0 aromatic carbocycles. The number of guanidine groups is 1. The Kier molecular flexibility index (Phi) is 13.0. The summed E-state index contributed by atoms with van der Waals surface area (Å²) in [6, 6.07) is 0. The van der Waals surface area contributed by atoms with Crippen LogP contribution in [0.5, 0.6) is 0 Å². The van der Waals surface area contributed by atoms with Gasteiger partial charge in [-0.15, -0.1) is 34.2 Å². The van der Waals surface area contributed by atoms with E-state index >= 15 is 0 Å². The Bertz CT molecular complexity index is 433. The Morgan fingerprint density at radius 1 is 1.26 bits per heavy atom. The number of nitrogens with zero attached hydrogens (tertiary/aromatic N) is 5. The van der Waals surface area contributed by atoms with E-state index in [1.165, 1.54) is 12.8 Å². The van der Waals surface area contributed by atoms with Gasteiger partial charge in [0.25, 0.3) is 0 Å². The molecule has 0 saturated heterocycles. The maximum atomic E-state index is 4.24. The third-order valence-electron chi connectivity index (χ3n) is 3.56. The number of halogens is 1. The Labute approximate surface area is 157 Å². The quantitative estimate of drug-likeness (QED) is 0.329. The summed E-state index contributed by atoms with van der Waals surface area (Å²) in [5.41, 5.74) is 0. The van der Waals surface area contributed by atoms with Crippen molar-refractivity contribution in [2.45, 2.75) is 39.7 Å². The van der Waals surface area contributed by atoms with Gasteiger partial charge in [0, 0.05) is 39.6 Å². The van der Waals surface area contributed by atoms with E-state index in [1.54, 1.807) is 13.4 Å². The summed E-state index contributed by atoms with van der Waals surface area (Å²) < 4.78 is 2.07. The molecular formula is C15H32IN7. The molecule has 0 aliphatic rings. The average molecular weight is 437 g/mol. The number of unbranched alkanes of at least 4 members (excludes halogenated alkanes) is 1. The molecule has 2 N–H and O–H groups in total. The van der Waals surface area contributed by atoms with Crippen LogP contribution >= 0.6 is 24.0 Å². The van der Waals surface area contributed by atoms with Crippen molar-refractivity contribution in [2.75, 3.05) is 40.3 Å². The predicted octanol–water partition coefficient (Wildman–Crippen LogP) is 1.36. The first-order valence-corrected chi connectivity index (χ1v) is 8.21. The maximum absolute atomic E-state index is 4.24. The van der Waals surface area contributed by atoms with Gasteiger partial charge in [-0.2, -0.15) is 0 Å². The number of hydrogen-bond acceptors (Lipinski definition) is 4. The van der Waals surface area contributed by atoms with E-state index in [1.807, 2.05) is 0 Å². The lowest BCUT2D eigenvalue weighted by molar-refractivity contribution is 0.332. The number of aliphatic imine (C=N–C) groups is 1. The summed E-state index contributed by atoms with van der Waals surface area (Å²) in [7, 11) is 3.96. The van der Waals surface area contributed by atoms with Crippen LogP contribution in [0.2, 0.25) is 0 Å². The van der Waals surface area contributed by atoms with Gasteiger partial charge in [-0.1, -0.05) is 20.3 Å². The zero-order valence-corrected chi connectivity index (χ0v) is 17.2. The van der Waals surface area contributed by atoms with Crippen molar-refractivity contribution in [2.24, 2.45) is 4.99 Å². The normalized spacial score (nSPS) is 11.4. The van der Waals surface area contributed by atoms with Crippen molar-refractivity contribution in [3.8, 4) is 0 Å². The van der Waals surface area contributed by atoms with Gasteiger partial charge in [0.2, 0.25) is 0 Å². The van der Waals surface area contributed by atoms with Crippen LogP contribution in [0, 0.1) is 0 Å². The molecule has 0 radical (unpaired) electrons. The second-order valence-electron chi connectivity index (χ2n) is 5.38. The van der Waals surface area contributed by atoms with Gasteiger partial charge in [0.05, 0.1) is 0 Å². The minimum Gasteiger partial charge on any atom is -0.355 e. The third-order valence-corrected chi connectivity index (χ3v) is 3.56. The fourth-order valence-corrected chi connectivity index (χ4v) is 2.16. The highest BCUT2D eigenvalue weighted by Crippen LogP contribution is 1.94. The SMILES string of the molecule is CCCCN(C)CCNC(=NC)NCCn1cnnc1CC.I. The molecule has 1 aromatic rings. The second kappa shape index (κ2) is 13.5. The topological polar surface area (TPSA) is 70.4 Å². The molecule has 0 fully saturated rings. The van der Waals surface area contributed by atoms with E-state index in [0.29, 0.717) is 0 Å². The van der Waals surface area contributed by atoms with Crippen LogP contribution in [-0.4, -0.2) is 65.9 Å². The minimum absolute atomic E-state index is 0. The molecule has 0 aliphatic carbocycles. The molecule has 0 bridgehead atoms. The van der Waals surface area contributed by atoms with Crippen molar-refractivity contribution >= 4 is 29.9 Å². The molecule has 0 saturated carbocycles. The maximum Gasteiger partial charge on any atom is 0.191 e. The average Bonchev–Trinajstić information content (AvgIpc) is 2.98. The minimum atomic E-state index is 0. The standard InChI is InChI=1S/C15H31N7.HI/c1-5-7-10-21(4)11-8-17-15(16-3)18-9-12-22-13-19-20-14(22)6-2;/h13H,5-12H2,1-4H3,(H2,16,17,18);1H. The Balaban J connectivity index is 0.00000484. The van der Waals surface area contributed by atoms with E-state index in [4.69, 9.17) is 0 Å². The largest absolute Gasteiger partial charge is 0.355 e. The fraction of sp³-hybridized carbons (Fsp3) is 0.800. The van der Waals surface area contributed by atoms with Crippen LogP contribution in [-0.2, 0) is 13.0 Å². The lowest BCUT2D eigenvalue weighted by Crippen LogP contribution is -2.42. The van der Waals surface area contributed by atoms with Gasteiger partial charge >= 0.3 is 0 Å². The zero-order chi connectivity index (χ0) is 16.2. The van der Waals surface area contributed by atoms with Gasteiger partial charge in [0.15, 0.2) is 5.96 Å². The van der Waals surface area contributed by atoms with Crippen molar-refractivity contribution < 1.29 is 0 Å². The Morgan fingerprint density at radius 3 is 2.65 bits per heavy atom. The summed E-state index contributed by atoms with van der Waals surface area (Å²) in [6.07, 6.45) is 5.17. The summed E-state index contributed by atoms with van der Waals surface area (Å²) in [6.45, 7) is 9.02. The molecule has 23 heavy (non-hydrogen) atoms. The highest BCUT2D eigenvalue weighted by atomic mass is 127. The monoisotopic (exact) mass is 437 g/mol. The molecule has 8 heteroatoms. The van der Waals surface area contributed by atoms with Gasteiger partial charge in [-0.3, -0.25) is 4.99 Å². The van der Waals surface area contributed by atoms with E-state index in [0.717, 1.165) is 50.9 Å². The first-order chi connectivity index (χ1) is 10.7. The summed E-state index contributed by atoms with van der Waals surface area (Å²) >= 11 is 0. The van der Waals surface area contributed by atoms with Crippen molar-refractivity contribution in [3.05, 3.63) is 12.2 Å². The van der Waals surface area contributed by atoms with Crippen LogP contribution < -0.4 is 10.6 Å². The highest BCUT2D eigenvalue weighted by Gasteiger charge is 2.02. The van der Waals surface area contributed by atoms with Gasteiger partial charge in [-0.25, -0.2) is 0 Å². The lowest BCUT2D eigenvalue weighted by atomic mass is 10.3.